The van der Waals surface area contributed by atoms with Crippen molar-refractivity contribution in [1.82, 2.24) is 14.9 Å². The molecule has 0 radical (unpaired) electrons. The molecule has 7 heteroatoms. The smallest absolute Gasteiger partial charge is 0.230 e. The van der Waals surface area contributed by atoms with Gasteiger partial charge in [0.05, 0.1) is 5.75 Å². The molecular formula is C24H26N4O2S. The zero-order chi connectivity index (χ0) is 21.8. The molecule has 1 aromatic heterocycles. The predicted octanol–water partition coefficient (Wildman–Crippen LogP) is 4.02. The van der Waals surface area contributed by atoms with Gasteiger partial charge in [-0.25, -0.2) is 4.98 Å². The van der Waals surface area contributed by atoms with E-state index in [1.807, 2.05) is 39.9 Å². The van der Waals surface area contributed by atoms with Crippen molar-refractivity contribution in [3.8, 4) is 5.69 Å². The molecule has 6 nitrogen and oxygen atoms in total. The molecule has 2 aromatic carbocycles. The standard InChI is InChI=1S/C24H26N4O2S/c1-17-12-18(2)14-21(13-17)28-11-9-25-24(28)31-16-22(29)26-15-19-5-7-20(8-6-19)27-10-3-4-23(27)30/h5-9,11-14H,3-4,10,15-16H2,1-2H3,(H,26,29). The van der Waals surface area contributed by atoms with E-state index >= 15 is 0 Å². The Balaban J connectivity index is 1.30. The molecule has 0 atom stereocenters. The number of carbonyl (C=O) groups is 2. The highest BCUT2D eigenvalue weighted by atomic mass is 32.2. The first-order chi connectivity index (χ1) is 15.0. The minimum Gasteiger partial charge on any atom is -0.351 e. The molecule has 2 heterocycles. The minimum absolute atomic E-state index is 0.0428. The zero-order valence-corrected chi connectivity index (χ0v) is 18.6. The van der Waals surface area contributed by atoms with Gasteiger partial charge in [-0.3, -0.25) is 14.2 Å². The average Bonchev–Trinajstić information content (AvgIpc) is 3.39. The molecule has 4 rings (SSSR count). The van der Waals surface area contributed by atoms with Gasteiger partial charge in [0.25, 0.3) is 0 Å². The highest BCUT2D eigenvalue weighted by molar-refractivity contribution is 7.99. The van der Waals surface area contributed by atoms with Gasteiger partial charge in [-0.2, -0.15) is 0 Å². The second-order valence-corrected chi connectivity index (χ2v) is 8.75. The molecule has 0 saturated carbocycles. The van der Waals surface area contributed by atoms with Crippen molar-refractivity contribution in [1.29, 1.82) is 0 Å². The van der Waals surface area contributed by atoms with Crippen LogP contribution in [0.5, 0.6) is 0 Å². The van der Waals surface area contributed by atoms with Crippen LogP contribution in [0.4, 0.5) is 5.69 Å². The SMILES string of the molecule is Cc1cc(C)cc(-n2ccnc2SCC(=O)NCc2ccc(N3CCCC3=O)cc2)c1. The lowest BCUT2D eigenvalue weighted by atomic mass is 10.1. The Morgan fingerprint density at radius 2 is 1.84 bits per heavy atom. The molecule has 1 aliphatic rings. The maximum absolute atomic E-state index is 12.4. The van der Waals surface area contributed by atoms with Gasteiger partial charge < -0.3 is 10.2 Å². The molecule has 0 aliphatic carbocycles. The van der Waals surface area contributed by atoms with Crippen molar-refractivity contribution in [3.05, 3.63) is 71.5 Å². The van der Waals surface area contributed by atoms with Crippen molar-refractivity contribution in [3.63, 3.8) is 0 Å². The Bertz CT molecular complexity index is 1070. The molecule has 31 heavy (non-hydrogen) atoms. The first-order valence-corrected chi connectivity index (χ1v) is 11.4. The van der Waals surface area contributed by atoms with E-state index in [4.69, 9.17) is 0 Å². The molecule has 1 saturated heterocycles. The number of nitrogens with zero attached hydrogens (tertiary/aromatic N) is 3. The Morgan fingerprint density at radius 1 is 1.10 bits per heavy atom. The quantitative estimate of drug-likeness (QED) is 0.570. The third-order valence-corrected chi connectivity index (χ3v) is 6.20. The number of hydrogen-bond donors (Lipinski definition) is 1. The van der Waals surface area contributed by atoms with Crippen LogP contribution in [-0.2, 0) is 16.1 Å². The van der Waals surface area contributed by atoms with E-state index in [1.54, 1.807) is 6.20 Å². The molecular weight excluding hydrogens is 408 g/mol. The second-order valence-electron chi connectivity index (χ2n) is 7.81. The summed E-state index contributed by atoms with van der Waals surface area (Å²) in [5, 5.41) is 3.75. The largest absolute Gasteiger partial charge is 0.351 e. The summed E-state index contributed by atoms with van der Waals surface area (Å²) in [6.45, 7) is 5.38. The highest BCUT2D eigenvalue weighted by Gasteiger charge is 2.21. The molecule has 0 spiro atoms. The number of anilines is 1. The van der Waals surface area contributed by atoms with Crippen LogP contribution in [0.25, 0.3) is 5.69 Å². The van der Waals surface area contributed by atoms with E-state index in [0.717, 1.165) is 35.1 Å². The van der Waals surface area contributed by atoms with Crippen molar-refractivity contribution in [2.24, 2.45) is 0 Å². The number of carbonyl (C=O) groups excluding carboxylic acids is 2. The number of imidazole rings is 1. The Hall–Kier alpha value is -3.06. The van der Waals surface area contributed by atoms with E-state index in [9.17, 15) is 9.59 Å². The number of aryl methyl sites for hydroxylation is 2. The number of thioether (sulfide) groups is 1. The van der Waals surface area contributed by atoms with E-state index in [0.29, 0.717) is 18.7 Å². The fourth-order valence-electron chi connectivity index (χ4n) is 3.78. The lowest BCUT2D eigenvalue weighted by Gasteiger charge is -2.16. The molecule has 160 valence electrons. The fourth-order valence-corrected chi connectivity index (χ4v) is 4.58. The first kappa shape index (κ1) is 21.2. The molecule has 1 N–H and O–H groups in total. The Kier molecular flexibility index (Phi) is 6.42. The first-order valence-electron chi connectivity index (χ1n) is 10.4. The molecule has 3 aromatic rings. The van der Waals surface area contributed by atoms with E-state index in [2.05, 4.69) is 42.3 Å². The number of nitrogens with one attached hydrogen (secondary N) is 1. The van der Waals surface area contributed by atoms with E-state index in [1.165, 1.54) is 22.9 Å². The van der Waals surface area contributed by atoms with Gasteiger partial charge in [-0.15, -0.1) is 0 Å². The fraction of sp³-hybridized carbons (Fsp3) is 0.292. The summed E-state index contributed by atoms with van der Waals surface area (Å²) in [4.78, 5) is 30.4. The monoisotopic (exact) mass is 434 g/mol. The van der Waals surface area contributed by atoms with Gasteiger partial charge in [0.15, 0.2) is 5.16 Å². The van der Waals surface area contributed by atoms with Crippen LogP contribution >= 0.6 is 11.8 Å². The summed E-state index contributed by atoms with van der Waals surface area (Å²) in [6, 6.07) is 14.2. The number of amides is 2. The second kappa shape index (κ2) is 9.39. The zero-order valence-electron chi connectivity index (χ0n) is 17.8. The van der Waals surface area contributed by atoms with Crippen molar-refractivity contribution in [2.45, 2.75) is 38.4 Å². The van der Waals surface area contributed by atoms with Crippen LogP contribution < -0.4 is 10.2 Å². The Labute approximate surface area is 186 Å². The van der Waals surface area contributed by atoms with E-state index < -0.39 is 0 Å². The number of benzene rings is 2. The summed E-state index contributed by atoms with van der Waals surface area (Å²) in [5.41, 5.74) is 5.36. The van der Waals surface area contributed by atoms with Crippen molar-refractivity contribution in [2.75, 3.05) is 17.2 Å². The van der Waals surface area contributed by atoms with Crippen molar-refractivity contribution < 1.29 is 9.59 Å². The summed E-state index contributed by atoms with van der Waals surface area (Å²) in [5.74, 6) is 0.429. The molecule has 0 bridgehead atoms. The molecule has 1 fully saturated rings. The van der Waals surface area contributed by atoms with Crippen LogP contribution in [0.1, 0.15) is 29.5 Å². The lowest BCUT2D eigenvalue weighted by Crippen LogP contribution is -2.25. The lowest BCUT2D eigenvalue weighted by molar-refractivity contribution is -0.119. The van der Waals surface area contributed by atoms with Gasteiger partial charge in [0, 0.05) is 43.3 Å². The van der Waals surface area contributed by atoms with E-state index in [-0.39, 0.29) is 11.8 Å². The van der Waals surface area contributed by atoms with Gasteiger partial charge in [0.2, 0.25) is 11.8 Å². The van der Waals surface area contributed by atoms with Crippen LogP contribution in [0.3, 0.4) is 0 Å². The number of rotatable bonds is 7. The van der Waals surface area contributed by atoms with Gasteiger partial charge in [-0.05, 0) is 61.2 Å². The normalized spacial score (nSPS) is 13.6. The summed E-state index contributed by atoms with van der Waals surface area (Å²) >= 11 is 1.42. The summed E-state index contributed by atoms with van der Waals surface area (Å²) < 4.78 is 2.01. The third kappa shape index (κ3) is 5.17. The van der Waals surface area contributed by atoms with Crippen LogP contribution in [-0.4, -0.2) is 33.7 Å². The summed E-state index contributed by atoms with van der Waals surface area (Å²) in [6.07, 6.45) is 5.21. The molecule has 2 amide bonds. The van der Waals surface area contributed by atoms with Gasteiger partial charge >= 0.3 is 0 Å². The van der Waals surface area contributed by atoms with Gasteiger partial charge in [0.1, 0.15) is 0 Å². The topological polar surface area (TPSA) is 67.2 Å². The minimum atomic E-state index is -0.0428. The molecule has 0 unspecified atom stereocenters. The van der Waals surface area contributed by atoms with Gasteiger partial charge in [-0.1, -0.05) is 30.0 Å². The van der Waals surface area contributed by atoms with Crippen LogP contribution in [0, 0.1) is 13.8 Å². The predicted molar refractivity (Wildman–Crippen MR) is 124 cm³/mol. The van der Waals surface area contributed by atoms with Crippen molar-refractivity contribution >= 4 is 29.3 Å². The number of aromatic nitrogens is 2. The maximum Gasteiger partial charge on any atom is 0.230 e. The highest BCUT2D eigenvalue weighted by Crippen LogP contribution is 2.23. The average molecular weight is 435 g/mol. The summed E-state index contributed by atoms with van der Waals surface area (Å²) in [7, 11) is 0. The third-order valence-electron chi connectivity index (χ3n) is 5.23. The van der Waals surface area contributed by atoms with Crippen LogP contribution in [0.15, 0.2) is 60.0 Å². The maximum atomic E-state index is 12.4. The molecule has 1 aliphatic heterocycles. The van der Waals surface area contributed by atoms with Crippen LogP contribution in [0.2, 0.25) is 0 Å². The number of hydrogen-bond acceptors (Lipinski definition) is 4. The Morgan fingerprint density at radius 3 is 2.52 bits per heavy atom.